The lowest BCUT2D eigenvalue weighted by Gasteiger charge is -2.30. The number of carboxylic acids is 1. The van der Waals surface area contributed by atoms with E-state index >= 15 is 0 Å². The number of aliphatic carboxylic acids is 1. The molecule has 2 rings (SSSR count). The van der Waals surface area contributed by atoms with E-state index in [1.54, 1.807) is 0 Å². The lowest BCUT2D eigenvalue weighted by Crippen LogP contribution is -2.42. The Morgan fingerprint density at radius 3 is 2.52 bits per heavy atom. The number of nitrogens with one attached hydrogen (secondary N) is 1. The number of non-ortho nitro benzene ring substituents is 1. The van der Waals surface area contributed by atoms with Gasteiger partial charge in [-0.15, -0.1) is 0 Å². The molecule has 1 aromatic rings. The minimum Gasteiger partial charge on any atom is -0.481 e. The molecule has 0 aromatic heterocycles. The molecule has 0 radical (unpaired) electrons. The summed E-state index contributed by atoms with van der Waals surface area (Å²) in [5.74, 6) is -1.89. The Hall–Kier alpha value is -2.98. The Labute approximate surface area is 140 Å². The van der Waals surface area contributed by atoms with Gasteiger partial charge >= 0.3 is 18.6 Å². The van der Waals surface area contributed by atoms with Crippen molar-refractivity contribution in [2.75, 3.05) is 18.4 Å². The molecule has 0 atom stereocenters. The lowest BCUT2D eigenvalue weighted by atomic mass is 9.97. The predicted octanol–water partition coefficient (Wildman–Crippen LogP) is 2.52. The number of carbonyl (C=O) groups excluding carboxylic acids is 1. The molecule has 0 aliphatic carbocycles. The summed E-state index contributed by atoms with van der Waals surface area (Å²) < 4.78 is 29.1. The van der Waals surface area contributed by atoms with Gasteiger partial charge in [-0.1, -0.05) is 0 Å². The quantitative estimate of drug-likeness (QED) is 0.615. The molecule has 1 aromatic carbocycles. The van der Waals surface area contributed by atoms with Crippen molar-refractivity contribution in [3.8, 4) is 5.75 Å². The number of urea groups is 1. The maximum absolute atomic E-state index is 12.4. The number of nitrogens with zero attached hydrogens (tertiary/aromatic N) is 2. The number of carbonyl (C=O) groups is 2. The number of hydrogen-bond acceptors (Lipinski definition) is 5. The van der Waals surface area contributed by atoms with Gasteiger partial charge in [-0.25, -0.2) is 4.79 Å². The highest BCUT2D eigenvalue weighted by Crippen LogP contribution is 2.31. The van der Waals surface area contributed by atoms with Crippen molar-refractivity contribution in [2.24, 2.45) is 5.92 Å². The van der Waals surface area contributed by atoms with E-state index in [0.717, 1.165) is 18.2 Å². The van der Waals surface area contributed by atoms with E-state index in [2.05, 4.69) is 10.1 Å². The largest absolute Gasteiger partial charge is 0.481 e. The van der Waals surface area contributed by atoms with Crippen LogP contribution in [0.15, 0.2) is 18.2 Å². The van der Waals surface area contributed by atoms with E-state index in [1.165, 1.54) is 4.90 Å². The zero-order valence-electron chi connectivity index (χ0n) is 12.9. The van der Waals surface area contributed by atoms with Gasteiger partial charge in [-0.2, -0.15) is 8.78 Å². The number of rotatable bonds is 5. The zero-order chi connectivity index (χ0) is 18.6. The van der Waals surface area contributed by atoms with Gasteiger partial charge in [0.25, 0.3) is 5.69 Å². The average molecular weight is 359 g/mol. The third kappa shape index (κ3) is 4.75. The van der Waals surface area contributed by atoms with Gasteiger partial charge in [-0.3, -0.25) is 14.9 Å². The minimum atomic E-state index is -3.16. The highest BCUT2D eigenvalue weighted by molar-refractivity contribution is 5.91. The summed E-state index contributed by atoms with van der Waals surface area (Å²) in [6, 6.07) is 2.19. The summed E-state index contributed by atoms with van der Waals surface area (Å²) in [4.78, 5) is 34.5. The van der Waals surface area contributed by atoms with Gasteiger partial charge in [0.15, 0.2) is 0 Å². The van der Waals surface area contributed by atoms with Crippen LogP contribution in [0.2, 0.25) is 0 Å². The molecule has 1 aliphatic rings. The molecule has 1 aliphatic heterocycles. The number of amides is 2. The molecule has 2 N–H and O–H groups in total. The summed E-state index contributed by atoms with van der Waals surface area (Å²) in [5, 5.41) is 22.0. The smallest absolute Gasteiger partial charge is 0.387 e. The van der Waals surface area contributed by atoms with Gasteiger partial charge < -0.3 is 20.1 Å². The summed E-state index contributed by atoms with van der Waals surface area (Å²) in [7, 11) is 0. The SMILES string of the molecule is O=C(O)C1CCN(C(=O)Nc2cc([N+](=O)[O-])ccc2OC(F)F)CC1. The average Bonchev–Trinajstić information content (AvgIpc) is 2.55. The number of nitro benzene ring substituents is 1. The van der Waals surface area contributed by atoms with Gasteiger partial charge in [0, 0.05) is 25.2 Å². The van der Waals surface area contributed by atoms with Crippen molar-refractivity contribution in [2.45, 2.75) is 19.5 Å². The van der Waals surface area contributed by atoms with E-state index in [4.69, 9.17) is 5.11 Å². The summed E-state index contributed by atoms with van der Waals surface area (Å²) in [6.45, 7) is -2.82. The maximum Gasteiger partial charge on any atom is 0.387 e. The predicted molar refractivity (Wildman–Crippen MR) is 80.7 cm³/mol. The molecule has 0 bridgehead atoms. The lowest BCUT2D eigenvalue weighted by molar-refractivity contribution is -0.384. The molecule has 1 heterocycles. The molecule has 2 amide bonds. The Balaban J connectivity index is 2.12. The fourth-order valence-corrected chi connectivity index (χ4v) is 2.45. The first kappa shape index (κ1) is 18.4. The van der Waals surface area contributed by atoms with Crippen molar-refractivity contribution >= 4 is 23.4 Å². The van der Waals surface area contributed by atoms with E-state index in [1.807, 2.05) is 0 Å². The third-order valence-electron chi connectivity index (χ3n) is 3.76. The van der Waals surface area contributed by atoms with Crippen molar-refractivity contribution < 1.29 is 33.1 Å². The number of carboxylic acid groups (broad SMARTS) is 1. The fourth-order valence-electron chi connectivity index (χ4n) is 2.45. The molecule has 1 fully saturated rings. The molecular weight excluding hydrogens is 344 g/mol. The topological polar surface area (TPSA) is 122 Å². The number of benzene rings is 1. The molecular formula is C14H15F2N3O6. The summed E-state index contributed by atoms with van der Waals surface area (Å²) in [5.41, 5.74) is -0.665. The number of hydrogen-bond donors (Lipinski definition) is 2. The van der Waals surface area contributed by atoms with Gasteiger partial charge in [0.1, 0.15) is 5.75 Å². The molecule has 136 valence electrons. The Morgan fingerprint density at radius 1 is 1.36 bits per heavy atom. The van der Waals surface area contributed by atoms with Gasteiger partial charge in [-0.05, 0) is 18.9 Å². The first-order chi connectivity index (χ1) is 11.8. The second-order valence-corrected chi connectivity index (χ2v) is 5.35. The van der Waals surface area contributed by atoms with Crippen LogP contribution in [-0.4, -0.2) is 46.6 Å². The van der Waals surface area contributed by atoms with Crippen LogP contribution in [0.1, 0.15) is 12.8 Å². The van der Waals surface area contributed by atoms with E-state index < -0.39 is 40.9 Å². The molecule has 0 spiro atoms. The van der Waals surface area contributed by atoms with Crippen molar-refractivity contribution in [1.82, 2.24) is 4.90 Å². The minimum absolute atomic E-state index is 0.169. The highest BCUT2D eigenvalue weighted by atomic mass is 19.3. The fraction of sp³-hybridized carbons (Fsp3) is 0.429. The number of likely N-dealkylation sites (tertiary alicyclic amines) is 1. The van der Waals surface area contributed by atoms with Crippen LogP contribution in [0, 0.1) is 16.0 Å². The number of alkyl halides is 2. The van der Waals surface area contributed by atoms with Crippen molar-refractivity contribution in [3.63, 3.8) is 0 Å². The normalized spacial score (nSPS) is 15.1. The molecule has 0 saturated carbocycles. The van der Waals surface area contributed by atoms with Crippen LogP contribution in [0.3, 0.4) is 0 Å². The molecule has 25 heavy (non-hydrogen) atoms. The first-order valence-corrected chi connectivity index (χ1v) is 7.30. The highest BCUT2D eigenvalue weighted by Gasteiger charge is 2.27. The van der Waals surface area contributed by atoms with E-state index in [9.17, 15) is 28.5 Å². The van der Waals surface area contributed by atoms with Crippen molar-refractivity contribution in [1.29, 1.82) is 0 Å². The molecule has 0 unspecified atom stereocenters. The van der Waals surface area contributed by atoms with Crippen LogP contribution in [0.5, 0.6) is 5.75 Å². The van der Waals surface area contributed by atoms with Gasteiger partial charge in [0.2, 0.25) is 0 Å². The Bertz CT molecular complexity index is 677. The zero-order valence-corrected chi connectivity index (χ0v) is 12.9. The van der Waals surface area contributed by atoms with Crippen LogP contribution in [0.25, 0.3) is 0 Å². The van der Waals surface area contributed by atoms with Crippen molar-refractivity contribution in [3.05, 3.63) is 28.3 Å². The Kier molecular flexibility index (Phi) is 5.67. The van der Waals surface area contributed by atoms with E-state index in [-0.39, 0.29) is 31.6 Å². The molecule has 11 heteroatoms. The van der Waals surface area contributed by atoms with Crippen LogP contribution in [0.4, 0.5) is 25.0 Å². The standard InChI is InChI=1S/C14H15F2N3O6/c15-13(16)25-11-2-1-9(19(23)24)7-10(11)17-14(22)18-5-3-8(4-6-18)12(20)21/h1-2,7-8,13H,3-6H2,(H,17,22)(H,20,21). The summed E-state index contributed by atoms with van der Waals surface area (Å²) in [6.07, 6.45) is 0.524. The van der Waals surface area contributed by atoms with E-state index in [0.29, 0.717) is 0 Å². The number of piperidine rings is 1. The van der Waals surface area contributed by atoms with Crippen LogP contribution >= 0.6 is 0 Å². The first-order valence-electron chi connectivity index (χ1n) is 7.30. The number of halogens is 2. The second-order valence-electron chi connectivity index (χ2n) is 5.35. The Morgan fingerprint density at radius 2 is 2.00 bits per heavy atom. The monoisotopic (exact) mass is 359 g/mol. The number of anilines is 1. The molecule has 1 saturated heterocycles. The van der Waals surface area contributed by atoms with Crippen LogP contribution in [-0.2, 0) is 4.79 Å². The third-order valence-corrected chi connectivity index (χ3v) is 3.76. The number of nitro groups is 1. The number of ether oxygens (including phenoxy) is 1. The summed E-state index contributed by atoms with van der Waals surface area (Å²) >= 11 is 0. The van der Waals surface area contributed by atoms with Gasteiger partial charge in [0.05, 0.1) is 16.5 Å². The molecule has 9 nitrogen and oxygen atoms in total. The maximum atomic E-state index is 12.4. The second kappa shape index (κ2) is 7.73. The van der Waals surface area contributed by atoms with Crippen LogP contribution < -0.4 is 10.1 Å².